The van der Waals surface area contributed by atoms with E-state index in [0.29, 0.717) is 36.4 Å². The second kappa shape index (κ2) is 7.40. The van der Waals surface area contributed by atoms with Crippen molar-refractivity contribution in [3.05, 3.63) is 27.9 Å². The molecule has 7 nitrogen and oxygen atoms in total. The van der Waals surface area contributed by atoms with Crippen LogP contribution in [0.2, 0.25) is 0 Å². The van der Waals surface area contributed by atoms with Gasteiger partial charge in [-0.05, 0) is 12.8 Å². The molecule has 1 amide bonds. The molecule has 24 heavy (non-hydrogen) atoms. The molecule has 0 saturated carbocycles. The summed E-state index contributed by atoms with van der Waals surface area (Å²) in [6.45, 7) is 7.52. The van der Waals surface area contributed by atoms with E-state index >= 15 is 0 Å². The van der Waals surface area contributed by atoms with Crippen molar-refractivity contribution in [3.8, 4) is 0 Å². The SMILES string of the molecule is CCCc1ncc(C(=O)N2CCOC(c3nnc(C(C)C)o3)C2)s1. The fraction of sp³-hybridized carbons (Fsp3) is 0.625. The van der Waals surface area contributed by atoms with Crippen molar-refractivity contribution in [2.24, 2.45) is 0 Å². The Morgan fingerprint density at radius 2 is 2.29 bits per heavy atom. The predicted octanol–water partition coefficient (Wildman–Crippen LogP) is 2.82. The minimum Gasteiger partial charge on any atom is -0.422 e. The molecule has 2 aromatic rings. The van der Waals surface area contributed by atoms with Crippen LogP contribution in [-0.2, 0) is 11.2 Å². The fourth-order valence-electron chi connectivity index (χ4n) is 2.49. The number of nitrogens with zero attached hydrogens (tertiary/aromatic N) is 4. The Bertz CT molecular complexity index is 697. The first kappa shape index (κ1) is 17.0. The Labute approximate surface area is 145 Å². The van der Waals surface area contributed by atoms with Gasteiger partial charge in [0.2, 0.25) is 11.8 Å². The van der Waals surface area contributed by atoms with Gasteiger partial charge in [-0.2, -0.15) is 0 Å². The Hall–Kier alpha value is -1.80. The Balaban J connectivity index is 1.68. The average Bonchev–Trinajstić information content (AvgIpc) is 3.24. The van der Waals surface area contributed by atoms with Gasteiger partial charge in [0.25, 0.3) is 5.91 Å². The van der Waals surface area contributed by atoms with Crippen LogP contribution in [0.1, 0.15) is 65.7 Å². The monoisotopic (exact) mass is 350 g/mol. The number of carbonyl (C=O) groups excluding carboxylic acids is 1. The molecule has 3 rings (SSSR count). The first-order valence-corrected chi connectivity index (χ1v) is 9.09. The average molecular weight is 350 g/mol. The van der Waals surface area contributed by atoms with E-state index in [4.69, 9.17) is 9.15 Å². The highest BCUT2D eigenvalue weighted by Gasteiger charge is 2.30. The molecule has 1 aliphatic heterocycles. The topological polar surface area (TPSA) is 81.4 Å². The molecule has 1 atom stereocenters. The second-order valence-electron chi connectivity index (χ2n) is 6.11. The van der Waals surface area contributed by atoms with Gasteiger partial charge in [0.15, 0.2) is 6.10 Å². The largest absolute Gasteiger partial charge is 0.422 e. The van der Waals surface area contributed by atoms with Gasteiger partial charge < -0.3 is 14.1 Å². The van der Waals surface area contributed by atoms with E-state index in [1.54, 1.807) is 11.1 Å². The molecule has 0 N–H and O–H groups in total. The van der Waals surface area contributed by atoms with E-state index in [1.165, 1.54) is 11.3 Å². The number of carbonyl (C=O) groups is 1. The van der Waals surface area contributed by atoms with E-state index in [0.717, 1.165) is 17.8 Å². The summed E-state index contributed by atoms with van der Waals surface area (Å²) >= 11 is 1.47. The van der Waals surface area contributed by atoms with Crippen molar-refractivity contribution in [3.63, 3.8) is 0 Å². The van der Waals surface area contributed by atoms with E-state index < -0.39 is 0 Å². The highest BCUT2D eigenvalue weighted by molar-refractivity contribution is 7.13. The van der Waals surface area contributed by atoms with Crippen molar-refractivity contribution < 1.29 is 13.9 Å². The quantitative estimate of drug-likeness (QED) is 0.825. The zero-order valence-electron chi connectivity index (χ0n) is 14.2. The number of hydrogen-bond acceptors (Lipinski definition) is 7. The molecular formula is C16H22N4O3S. The van der Waals surface area contributed by atoms with Gasteiger partial charge >= 0.3 is 0 Å². The normalized spacial score (nSPS) is 18.3. The lowest BCUT2D eigenvalue weighted by Gasteiger charge is -2.30. The smallest absolute Gasteiger partial charge is 0.265 e. The molecule has 8 heteroatoms. The van der Waals surface area contributed by atoms with Crippen LogP contribution in [-0.4, -0.2) is 45.7 Å². The third-order valence-corrected chi connectivity index (χ3v) is 4.85. The Morgan fingerprint density at radius 1 is 1.46 bits per heavy atom. The number of thiazole rings is 1. The standard InChI is InChI=1S/C16H22N4O3S/c1-4-5-13-17-8-12(24-13)16(21)20-6-7-22-11(9-20)15-19-18-14(23-15)10(2)3/h8,10-11H,4-7,9H2,1-3H3. The Morgan fingerprint density at radius 3 is 3.00 bits per heavy atom. The van der Waals surface area contributed by atoms with Crippen LogP contribution in [0.4, 0.5) is 0 Å². The van der Waals surface area contributed by atoms with Crippen LogP contribution in [0.15, 0.2) is 10.6 Å². The van der Waals surface area contributed by atoms with Crippen LogP contribution in [0.3, 0.4) is 0 Å². The molecular weight excluding hydrogens is 328 g/mol. The molecule has 0 bridgehead atoms. The van der Waals surface area contributed by atoms with Gasteiger partial charge in [-0.15, -0.1) is 21.5 Å². The lowest BCUT2D eigenvalue weighted by Crippen LogP contribution is -2.42. The molecule has 1 saturated heterocycles. The number of aromatic nitrogens is 3. The molecule has 1 unspecified atom stereocenters. The van der Waals surface area contributed by atoms with Gasteiger partial charge in [-0.1, -0.05) is 20.8 Å². The molecule has 0 radical (unpaired) electrons. The molecule has 0 spiro atoms. The molecule has 0 aliphatic carbocycles. The van der Waals surface area contributed by atoms with Crippen molar-refractivity contribution >= 4 is 17.2 Å². The predicted molar refractivity (Wildman–Crippen MR) is 89.1 cm³/mol. The third-order valence-electron chi connectivity index (χ3n) is 3.81. The van der Waals surface area contributed by atoms with Crippen LogP contribution in [0.25, 0.3) is 0 Å². The number of rotatable bonds is 5. The lowest BCUT2D eigenvalue weighted by atomic mass is 10.2. The van der Waals surface area contributed by atoms with Crippen molar-refractivity contribution in [1.29, 1.82) is 0 Å². The maximum atomic E-state index is 12.7. The molecule has 1 fully saturated rings. The second-order valence-corrected chi connectivity index (χ2v) is 7.23. The van der Waals surface area contributed by atoms with Gasteiger partial charge in [0.1, 0.15) is 4.88 Å². The maximum Gasteiger partial charge on any atom is 0.265 e. The van der Waals surface area contributed by atoms with Crippen molar-refractivity contribution in [2.75, 3.05) is 19.7 Å². The minimum atomic E-state index is -0.370. The zero-order chi connectivity index (χ0) is 17.1. The van der Waals surface area contributed by atoms with Gasteiger partial charge in [-0.25, -0.2) is 4.98 Å². The summed E-state index contributed by atoms with van der Waals surface area (Å²) in [7, 11) is 0. The first-order chi connectivity index (χ1) is 11.6. The summed E-state index contributed by atoms with van der Waals surface area (Å²) in [6.07, 6.45) is 3.23. The molecule has 2 aromatic heterocycles. The lowest BCUT2D eigenvalue weighted by molar-refractivity contribution is -0.0349. The number of amides is 1. The third kappa shape index (κ3) is 3.64. The summed E-state index contributed by atoms with van der Waals surface area (Å²) in [5.41, 5.74) is 0. The van der Waals surface area contributed by atoms with Gasteiger partial charge in [0.05, 0.1) is 24.4 Å². The van der Waals surface area contributed by atoms with Crippen LogP contribution in [0.5, 0.6) is 0 Å². The van der Waals surface area contributed by atoms with Crippen molar-refractivity contribution in [2.45, 2.75) is 45.6 Å². The number of morpholine rings is 1. The summed E-state index contributed by atoms with van der Waals surface area (Å²) in [5.74, 6) is 1.18. The molecule has 3 heterocycles. The van der Waals surface area contributed by atoms with Crippen LogP contribution >= 0.6 is 11.3 Å². The number of aryl methyl sites for hydroxylation is 1. The van der Waals surface area contributed by atoms with Gasteiger partial charge in [-0.3, -0.25) is 4.79 Å². The van der Waals surface area contributed by atoms with E-state index in [1.807, 2.05) is 13.8 Å². The first-order valence-electron chi connectivity index (χ1n) is 8.27. The van der Waals surface area contributed by atoms with E-state index in [9.17, 15) is 4.79 Å². The summed E-state index contributed by atoms with van der Waals surface area (Å²) in [4.78, 5) is 19.5. The minimum absolute atomic E-state index is 0.00764. The molecule has 130 valence electrons. The number of ether oxygens (including phenoxy) is 1. The fourth-order valence-corrected chi connectivity index (χ4v) is 3.47. The zero-order valence-corrected chi connectivity index (χ0v) is 15.0. The van der Waals surface area contributed by atoms with Crippen LogP contribution < -0.4 is 0 Å². The highest BCUT2D eigenvalue weighted by Crippen LogP contribution is 2.25. The highest BCUT2D eigenvalue weighted by atomic mass is 32.1. The van der Waals surface area contributed by atoms with Gasteiger partial charge in [0, 0.05) is 12.5 Å². The molecule has 1 aliphatic rings. The number of hydrogen-bond donors (Lipinski definition) is 0. The van der Waals surface area contributed by atoms with Crippen LogP contribution in [0, 0.1) is 0 Å². The summed E-state index contributed by atoms with van der Waals surface area (Å²) < 4.78 is 11.4. The van der Waals surface area contributed by atoms with E-state index in [-0.39, 0.29) is 17.9 Å². The summed E-state index contributed by atoms with van der Waals surface area (Å²) in [5, 5.41) is 9.11. The molecule has 0 aromatic carbocycles. The van der Waals surface area contributed by atoms with Crippen molar-refractivity contribution in [1.82, 2.24) is 20.1 Å². The maximum absolute atomic E-state index is 12.7. The van der Waals surface area contributed by atoms with E-state index in [2.05, 4.69) is 22.1 Å². The Kier molecular flexibility index (Phi) is 5.25. The summed E-state index contributed by atoms with van der Waals surface area (Å²) in [6, 6.07) is 0.